The van der Waals surface area contributed by atoms with Crippen molar-refractivity contribution in [2.75, 3.05) is 18.2 Å². The summed E-state index contributed by atoms with van der Waals surface area (Å²) in [7, 11) is 0. The van der Waals surface area contributed by atoms with Gasteiger partial charge in [0.1, 0.15) is 0 Å². The number of benzene rings is 1. The Hall–Kier alpha value is -4.55. The van der Waals surface area contributed by atoms with Crippen LogP contribution in [0.25, 0.3) is 0 Å². The van der Waals surface area contributed by atoms with Gasteiger partial charge in [-0.2, -0.15) is 0 Å². The van der Waals surface area contributed by atoms with E-state index in [0.29, 0.717) is 0 Å². The second kappa shape index (κ2) is 12.9. The summed E-state index contributed by atoms with van der Waals surface area (Å²) in [5.41, 5.74) is 3.80. The molecule has 5 aliphatic rings. The van der Waals surface area contributed by atoms with Gasteiger partial charge in [-0.15, -0.1) is 0 Å². The molecular weight excluding hydrogens is 580 g/mol. The fourth-order valence-corrected chi connectivity index (χ4v) is 8.87. The van der Waals surface area contributed by atoms with E-state index in [4.69, 9.17) is 14.1 Å². The predicted molar refractivity (Wildman–Crippen MR) is 187 cm³/mol. The number of hydrazine groups is 1. The van der Waals surface area contributed by atoms with Crippen molar-refractivity contribution in [2.24, 2.45) is 0 Å². The standard InChI is InChI=1S/C41H44N4O2/c1-5-17-33(18-6-1)36-26-30-44(45(38-24-15-31-46-38)39-25-16-32-47-39)41(35-21-9-3-10-22-35,43-28-13-4-14-29-43)40(36,34-19-7-2-8-20-34)37-23-11-12-27-42-37/h1,3-6,9,11-15,17-19,21,23-24,26-28,30-31,36,39H,2,7-8,10,16,20,22,25,29,32H2. The Morgan fingerprint density at radius 2 is 1.77 bits per heavy atom. The van der Waals surface area contributed by atoms with E-state index >= 15 is 0 Å². The molecule has 2 aromatic heterocycles. The minimum Gasteiger partial charge on any atom is -0.447 e. The van der Waals surface area contributed by atoms with Crippen LogP contribution in [0.1, 0.15) is 68.5 Å². The molecule has 240 valence electrons. The lowest BCUT2D eigenvalue weighted by Gasteiger charge is -2.67. The summed E-state index contributed by atoms with van der Waals surface area (Å²) in [6, 6.07) is 21.7. The fourth-order valence-electron chi connectivity index (χ4n) is 8.87. The zero-order valence-electron chi connectivity index (χ0n) is 27.0. The van der Waals surface area contributed by atoms with E-state index in [1.54, 1.807) is 6.26 Å². The monoisotopic (exact) mass is 624 g/mol. The number of hydrogen-bond donors (Lipinski definition) is 0. The lowest BCUT2D eigenvalue weighted by Crippen LogP contribution is -2.77. The van der Waals surface area contributed by atoms with Crippen LogP contribution in [0.4, 0.5) is 5.88 Å². The molecule has 2 aliphatic carbocycles. The van der Waals surface area contributed by atoms with Gasteiger partial charge in [0.05, 0.1) is 17.4 Å². The first-order valence-corrected chi connectivity index (χ1v) is 17.4. The molecule has 1 fully saturated rings. The highest BCUT2D eigenvalue weighted by molar-refractivity contribution is 5.57. The lowest BCUT2D eigenvalue weighted by molar-refractivity contribution is -0.0751. The van der Waals surface area contributed by atoms with Gasteiger partial charge in [0, 0.05) is 43.7 Å². The van der Waals surface area contributed by atoms with E-state index in [2.05, 4.69) is 131 Å². The Balaban J connectivity index is 1.54. The van der Waals surface area contributed by atoms with Crippen molar-refractivity contribution < 1.29 is 9.15 Å². The van der Waals surface area contributed by atoms with Gasteiger partial charge < -0.3 is 14.1 Å². The highest BCUT2D eigenvalue weighted by Gasteiger charge is 2.68. The zero-order chi connectivity index (χ0) is 31.5. The van der Waals surface area contributed by atoms with Crippen LogP contribution < -0.4 is 5.01 Å². The summed E-state index contributed by atoms with van der Waals surface area (Å²) >= 11 is 0. The number of nitrogens with zero attached hydrogens (tertiary/aromatic N) is 4. The third kappa shape index (κ3) is 4.84. The first-order chi connectivity index (χ1) is 23.3. The molecule has 1 aromatic carbocycles. The zero-order valence-corrected chi connectivity index (χ0v) is 27.0. The summed E-state index contributed by atoms with van der Waals surface area (Å²) in [5, 5.41) is 4.82. The number of ether oxygens (including phenoxy) is 1. The second-order valence-corrected chi connectivity index (χ2v) is 13.1. The van der Waals surface area contributed by atoms with Crippen LogP contribution >= 0.6 is 0 Å². The van der Waals surface area contributed by atoms with Crippen molar-refractivity contribution in [2.45, 2.75) is 74.6 Å². The van der Waals surface area contributed by atoms with Crippen LogP contribution in [0, 0.1) is 0 Å². The minimum atomic E-state index is -0.759. The van der Waals surface area contributed by atoms with Crippen molar-refractivity contribution in [1.82, 2.24) is 14.9 Å². The molecule has 0 radical (unpaired) electrons. The molecule has 3 aromatic rings. The highest BCUT2D eigenvalue weighted by Crippen LogP contribution is 2.63. The molecule has 4 unspecified atom stereocenters. The number of allylic oxidation sites excluding steroid dienone is 7. The maximum atomic E-state index is 6.57. The summed E-state index contributed by atoms with van der Waals surface area (Å²) < 4.78 is 12.9. The third-order valence-electron chi connectivity index (χ3n) is 10.6. The Morgan fingerprint density at radius 3 is 2.47 bits per heavy atom. The van der Waals surface area contributed by atoms with Gasteiger partial charge in [-0.25, -0.2) is 5.01 Å². The van der Waals surface area contributed by atoms with E-state index in [1.807, 2.05) is 12.3 Å². The van der Waals surface area contributed by atoms with E-state index in [1.165, 1.54) is 23.1 Å². The number of hydrogen-bond acceptors (Lipinski definition) is 6. The van der Waals surface area contributed by atoms with Crippen LogP contribution in [0.5, 0.6) is 0 Å². The fraction of sp³-hybridized carbons (Fsp3) is 0.341. The molecule has 0 amide bonds. The molecule has 3 aliphatic heterocycles. The van der Waals surface area contributed by atoms with E-state index in [0.717, 1.165) is 69.7 Å². The van der Waals surface area contributed by atoms with Crippen LogP contribution in [0.3, 0.4) is 0 Å². The maximum Gasteiger partial charge on any atom is 0.216 e. The summed E-state index contributed by atoms with van der Waals surface area (Å²) in [5.74, 6) is 0.772. The highest BCUT2D eigenvalue weighted by atomic mass is 16.5. The number of furan rings is 1. The Morgan fingerprint density at radius 1 is 0.830 bits per heavy atom. The average Bonchev–Trinajstić information content (AvgIpc) is 3.89. The minimum absolute atomic E-state index is 0.00624. The lowest BCUT2D eigenvalue weighted by atomic mass is 9.52. The summed E-state index contributed by atoms with van der Waals surface area (Å²) in [6.45, 7) is 1.48. The number of anilines is 1. The van der Waals surface area contributed by atoms with E-state index in [-0.39, 0.29) is 12.1 Å². The molecule has 47 heavy (non-hydrogen) atoms. The summed E-state index contributed by atoms with van der Waals surface area (Å²) in [4.78, 5) is 7.97. The molecule has 1 saturated heterocycles. The van der Waals surface area contributed by atoms with E-state index < -0.39 is 11.1 Å². The molecule has 6 nitrogen and oxygen atoms in total. The van der Waals surface area contributed by atoms with Gasteiger partial charge in [0.15, 0.2) is 11.9 Å². The van der Waals surface area contributed by atoms with Crippen LogP contribution in [-0.4, -0.2) is 39.9 Å². The van der Waals surface area contributed by atoms with Crippen molar-refractivity contribution in [3.05, 3.63) is 157 Å². The molecular formula is C41H44N4O2. The first-order valence-electron chi connectivity index (χ1n) is 17.4. The van der Waals surface area contributed by atoms with Gasteiger partial charge in [-0.3, -0.25) is 9.99 Å². The second-order valence-electron chi connectivity index (χ2n) is 13.1. The predicted octanol–water partition coefficient (Wildman–Crippen LogP) is 8.94. The van der Waals surface area contributed by atoms with Crippen molar-refractivity contribution in [3.8, 4) is 0 Å². The number of rotatable bonds is 8. The van der Waals surface area contributed by atoms with Gasteiger partial charge in [0.2, 0.25) is 5.88 Å². The molecule has 6 heteroatoms. The number of aromatic nitrogens is 1. The number of pyridine rings is 1. The molecule has 0 spiro atoms. The molecule has 0 saturated carbocycles. The Kier molecular flexibility index (Phi) is 8.20. The van der Waals surface area contributed by atoms with Gasteiger partial charge in [-0.05, 0) is 86.8 Å². The quantitative estimate of drug-likeness (QED) is 0.233. The van der Waals surface area contributed by atoms with Crippen LogP contribution in [0.15, 0.2) is 150 Å². The van der Waals surface area contributed by atoms with Crippen LogP contribution in [-0.2, 0) is 10.2 Å². The average molecular weight is 625 g/mol. The van der Waals surface area contributed by atoms with E-state index in [9.17, 15) is 0 Å². The van der Waals surface area contributed by atoms with Gasteiger partial charge in [0.25, 0.3) is 0 Å². The van der Waals surface area contributed by atoms with Crippen molar-refractivity contribution >= 4 is 5.88 Å². The summed E-state index contributed by atoms with van der Waals surface area (Å²) in [6.07, 6.45) is 35.1. The van der Waals surface area contributed by atoms with Gasteiger partial charge in [-0.1, -0.05) is 84.5 Å². The normalized spacial score (nSPS) is 28.8. The SMILES string of the molecule is C1=CCCC(C2(N3C=CC=CC3)N(N(c3ccco3)C3CCCO3)C=CC(c3ccccc3)C2(C2=CCCCC2)c2ccccn2)=C1. The maximum absolute atomic E-state index is 6.57. The largest absolute Gasteiger partial charge is 0.447 e. The Bertz CT molecular complexity index is 1700. The molecule has 4 atom stereocenters. The smallest absolute Gasteiger partial charge is 0.216 e. The molecule has 5 heterocycles. The van der Waals surface area contributed by atoms with Gasteiger partial charge >= 0.3 is 0 Å². The Labute approximate surface area is 278 Å². The molecule has 0 N–H and O–H groups in total. The van der Waals surface area contributed by atoms with Crippen LogP contribution in [0.2, 0.25) is 0 Å². The van der Waals surface area contributed by atoms with Crippen molar-refractivity contribution in [1.29, 1.82) is 0 Å². The topological polar surface area (TPSA) is 45.0 Å². The third-order valence-corrected chi connectivity index (χ3v) is 10.6. The first kappa shape index (κ1) is 29.8. The molecule has 0 bridgehead atoms. The molecule has 8 rings (SSSR count). The van der Waals surface area contributed by atoms with Crippen molar-refractivity contribution in [3.63, 3.8) is 0 Å².